The molecule has 6 nitrogen and oxygen atoms in total. The Balaban J connectivity index is 1.58. The third-order valence-corrected chi connectivity index (χ3v) is 5.71. The number of aromatic nitrogens is 3. The van der Waals surface area contributed by atoms with Crippen molar-refractivity contribution < 1.29 is 13.9 Å². The Morgan fingerprint density at radius 1 is 1.06 bits per heavy atom. The van der Waals surface area contributed by atoms with E-state index in [9.17, 15) is 9.18 Å². The number of hydrogen-bond donors (Lipinski definition) is 1. The SMILES string of the molecule is COc1ccc(-n2c(SCC(=O)Nc3ccc(C)c(F)c3)nnc2-c2ccccc2)cc1. The molecule has 1 N–H and O–H groups in total. The molecule has 0 spiro atoms. The number of halogens is 1. The Labute approximate surface area is 189 Å². The second kappa shape index (κ2) is 9.65. The largest absolute Gasteiger partial charge is 0.497 e. The van der Waals surface area contributed by atoms with Crippen LogP contribution in [-0.4, -0.2) is 33.5 Å². The number of rotatable bonds is 7. The van der Waals surface area contributed by atoms with Crippen molar-refractivity contribution in [3.63, 3.8) is 0 Å². The normalized spacial score (nSPS) is 10.7. The highest BCUT2D eigenvalue weighted by atomic mass is 32.2. The van der Waals surface area contributed by atoms with Crippen molar-refractivity contribution in [3.05, 3.63) is 84.2 Å². The summed E-state index contributed by atoms with van der Waals surface area (Å²) in [6.07, 6.45) is 0. The zero-order valence-electron chi connectivity index (χ0n) is 17.6. The van der Waals surface area contributed by atoms with Gasteiger partial charge in [-0.15, -0.1) is 10.2 Å². The number of nitrogens with zero attached hydrogens (tertiary/aromatic N) is 3. The molecule has 0 aliphatic heterocycles. The van der Waals surface area contributed by atoms with Crippen molar-refractivity contribution in [2.45, 2.75) is 12.1 Å². The summed E-state index contributed by atoms with van der Waals surface area (Å²) in [6.45, 7) is 1.67. The third kappa shape index (κ3) is 4.81. The highest BCUT2D eigenvalue weighted by molar-refractivity contribution is 7.99. The van der Waals surface area contributed by atoms with Crippen LogP contribution in [-0.2, 0) is 4.79 Å². The fourth-order valence-corrected chi connectivity index (χ4v) is 3.85. The molecule has 1 amide bonds. The van der Waals surface area contributed by atoms with Crippen LogP contribution in [0.5, 0.6) is 5.75 Å². The van der Waals surface area contributed by atoms with Gasteiger partial charge in [-0.25, -0.2) is 4.39 Å². The predicted molar refractivity (Wildman–Crippen MR) is 124 cm³/mol. The first-order chi connectivity index (χ1) is 15.5. The van der Waals surface area contributed by atoms with E-state index in [0.717, 1.165) is 17.0 Å². The fourth-order valence-electron chi connectivity index (χ4n) is 3.10. The Kier molecular flexibility index (Phi) is 6.51. The molecule has 4 aromatic rings. The van der Waals surface area contributed by atoms with Gasteiger partial charge < -0.3 is 10.1 Å². The third-order valence-electron chi connectivity index (χ3n) is 4.78. The summed E-state index contributed by atoms with van der Waals surface area (Å²) < 4.78 is 20.9. The zero-order chi connectivity index (χ0) is 22.5. The lowest BCUT2D eigenvalue weighted by atomic mass is 10.2. The molecule has 0 unspecified atom stereocenters. The maximum absolute atomic E-state index is 13.8. The number of hydrogen-bond acceptors (Lipinski definition) is 5. The van der Waals surface area contributed by atoms with E-state index in [1.165, 1.54) is 17.8 Å². The van der Waals surface area contributed by atoms with Crippen LogP contribution >= 0.6 is 11.8 Å². The van der Waals surface area contributed by atoms with Gasteiger partial charge in [0.2, 0.25) is 5.91 Å². The van der Waals surface area contributed by atoms with E-state index >= 15 is 0 Å². The summed E-state index contributed by atoms with van der Waals surface area (Å²) in [5.41, 5.74) is 2.69. The number of aryl methyl sites for hydroxylation is 1. The van der Waals surface area contributed by atoms with Crippen molar-refractivity contribution in [3.8, 4) is 22.8 Å². The van der Waals surface area contributed by atoms with Gasteiger partial charge in [0.25, 0.3) is 0 Å². The molecule has 0 atom stereocenters. The van der Waals surface area contributed by atoms with E-state index in [1.807, 2.05) is 59.2 Å². The number of methoxy groups -OCH3 is 1. The average Bonchev–Trinajstić information content (AvgIpc) is 3.25. The van der Waals surface area contributed by atoms with Crippen molar-refractivity contribution in [1.82, 2.24) is 14.8 Å². The van der Waals surface area contributed by atoms with Gasteiger partial charge in [-0.3, -0.25) is 9.36 Å². The van der Waals surface area contributed by atoms with Crippen molar-refractivity contribution in [2.24, 2.45) is 0 Å². The molecule has 1 heterocycles. The standard InChI is InChI=1S/C24H21FN4O2S/c1-16-8-9-18(14-21(16)25)26-22(30)15-32-24-28-27-23(17-6-4-3-5-7-17)29(24)19-10-12-20(31-2)13-11-19/h3-14H,15H2,1-2H3,(H,26,30). The Hall–Kier alpha value is -3.65. The van der Waals surface area contributed by atoms with Crippen molar-refractivity contribution in [1.29, 1.82) is 0 Å². The molecule has 8 heteroatoms. The number of benzene rings is 3. The van der Waals surface area contributed by atoms with Crippen LogP contribution in [0.1, 0.15) is 5.56 Å². The van der Waals surface area contributed by atoms with Gasteiger partial charge in [0.05, 0.1) is 12.9 Å². The number of amides is 1. The number of thioether (sulfide) groups is 1. The van der Waals surface area contributed by atoms with Crippen LogP contribution in [0.4, 0.5) is 10.1 Å². The molecule has 4 rings (SSSR count). The Bertz CT molecular complexity index is 1230. The van der Waals surface area contributed by atoms with Gasteiger partial charge in [-0.1, -0.05) is 48.2 Å². The topological polar surface area (TPSA) is 69.0 Å². The summed E-state index contributed by atoms with van der Waals surface area (Å²) in [5.74, 6) is 0.880. The summed E-state index contributed by atoms with van der Waals surface area (Å²) in [4.78, 5) is 12.5. The van der Waals surface area contributed by atoms with E-state index in [0.29, 0.717) is 22.2 Å². The van der Waals surface area contributed by atoms with Crippen LogP contribution in [0.2, 0.25) is 0 Å². The summed E-state index contributed by atoms with van der Waals surface area (Å²) in [6, 6.07) is 21.9. The molecule has 0 aliphatic rings. The zero-order valence-corrected chi connectivity index (χ0v) is 18.4. The minimum absolute atomic E-state index is 0.0958. The predicted octanol–water partition coefficient (Wildman–Crippen LogP) is 5.12. The van der Waals surface area contributed by atoms with Crippen LogP contribution < -0.4 is 10.1 Å². The molecule has 162 valence electrons. The van der Waals surface area contributed by atoms with Crippen molar-refractivity contribution >= 4 is 23.4 Å². The molecule has 1 aromatic heterocycles. The fraction of sp³-hybridized carbons (Fsp3) is 0.125. The van der Waals surface area contributed by atoms with Crippen LogP contribution in [0.15, 0.2) is 78.0 Å². The average molecular weight is 449 g/mol. The summed E-state index contributed by atoms with van der Waals surface area (Å²) >= 11 is 1.25. The molecule has 0 fully saturated rings. The minimum Gasteiger partial charge on any atom is -0.497 e. The monoisotopic (exact) mass is 448 g/mol. The lowest BCUT2D eigenvalue weighted by molar-refractivity contribution is -0.113. The van der Waals surface area contributed by atoms with E-state index in [-0.39, 0.29) is 17.5 Å². The van der Waals surface area contributed by atoms with Crippen LogP contribution in [0.25, 0.3) is 17.1 Å². The first-order valence-electron chi connectivity index (χ1n) is 9.89. The molecular weight excluding hydrogens is 427 g/mol. The molecule has 0 aliphatic carbocycles. The summed E-state index contributed by atoms with van der Waals surface area (Å²) in [7, 11) is 1.61. The lowest BCUT2D eigenvalue weighted by Gasteiger charge is -2.11. The quantitative estimate of drug-likeness (QED) is 0.398. The summed E-state index contributed by atoms with van der Waals surface area (Å²) in [5, 5.41) is 12.0. The first kappa shape index (κ1) is 21.6. The van der Waals surface area contributed by atoms with Gasteiger partial charge in [-0.2, -0.15) is 0 Å². The van der Waals surface area contributed by atoms with Gasteiger partial charge in [0, 0.05) is 16.9 Å². The van der Waals surface area contributed by atoms with Crippen LogP contribution in [0, 0.1) is 12.7 Å². The molecule has 0 saturated heterocycles. The molecule has 3 aromatic carbocycles. The first-order valence-corrected chi connectivity index (χ1v) is 10.9. The molecule has 32 heavy (non-hydrogen) atoms. The Morgan fingerprint density at radius 3 is 2.50 bits per heavy atom. The van der Waals surface area contributed by atoms with Gasteiger partial charge in [-0.05, 0) is 48.9 Å². The lowest BCUT2D eigenvalue weighted by Crippen LogP contribution is -2.14. The highest BCUT2D eigenvalue weighted by Gasteiger charge is 2.17. The number of carbonyl (C=O) groups is 1. The molecule has 0 saturated carbocycles. The van der Waals surface area contributed by atoms with Crippen molar-refractivity contribution in [2.75, 3.05) is 18.2 Å². The molecule has 0 bridgehead atoms. The molecule has 0 radical (unpaired) electrons. The highest BCUT2D eigenvalue weighted by Crippen LogP contribution is 2.29. The molecular formula is C24H21FN4O2S. The number of ether oxygens (including phenoxy) is 1. The minimum atomic E-state index is -0.359. The van der Waals surface area contributed by atoms with Gasteiger partial charge in [0.1, 0.15) is 11.6 Å². The number of carbonyl (C=O) groups excluding carboxylic acids is 1. The van der Waals surface area contributed by atoms with E-state index in [1.54, 1.807) is 26.2 Å². The number of nitrogens with one attached hydrogen (secondary N) is 1. The van der Waals surface area contributed by atoms with Crippen LogP contribution in [0.3, 0.4) is 0 Å². The van der Waals surface area contributed by atoms with E-state index in [4.69, 9.17) is 4.74 Å². The number of anilines is 1. The Morgan fingerprint density at radius 2 is 1.81 bits per heavy atom. The van der Waals surface area contributed by atoms with E-state index in [2.05, 4.69) is 15.5 Å². The smallest absolute Gasteiger partial charge is 0.234 e. The van der Waals surface area contributed by atoms with Gasteiger partial charge in [0.15, 0.2) is 11.0 Å². The maximum atomic E-state index is 13.8. The van der Waals surface area contributed by atoms with E-state index < -0.39 is 0 Å². The maximum Gasteiger partial charge on any atom is 0.234 e. The van der Waals surface area contributed by atoms with Gasteiger partial charge >= 0.3 is 0 Å². The second-order valence-electron chi connectivity index (χ2n) is 7.01. The second-order valence-corrected chi connectivity index (χ2v) is 7.95.